The van der Waals surface area contributed by atoms with Crippen molar-refractivity contribution in [2.24, 2.45) is 11.8 Å². The lowest BCUT2D eigenvalue weighted by Crippen LogP contribution is -2.46. The maximum atomic E-state index is 13.7. The Kier molecular flexibility index (Phi) is 4.13. The number of hydrogen-bond donors (Lipinski definition) is 1. The molecule has 0 spiro atoms. The van der Waals surface area contributed by atoms with Gasteiger partial charge in [0.05, 0.1) is 5.69 Å². The molecule has 2 atom stereocenters. The summed E-state index contributed by atoms with van der Waals surface area (Å²) in [6, 6.07) is 4.63. The van der Waals surface area contributed by atoms with Crippen LogP contribution in [0.15, 0.2) is 18.2 Å². The fourth-order valence-corrected chi connectivity index (χ4v) is 3.71. The summed E-state index contributed by atoms with van der Waals surface area (Å²) in [6.07, 6.45) is 6.25. The van der Waals surface area contributed by atoms with Crippen LogP contribution < -0.4 is 5.32 Å². The van der Waals surface area contributed by atoms with E-state index >= 15 is 0 Å². The number of carbonyl (C=O) groups excluding carboxylic acids is 1. The van der Waals surface area contributed by atoms with Gasteiger partial charge in [-0.2, -0.15) is 0 Å². The lowest BCUT2D eigenvalue weighted by atomic mass is 9.75. The summed E-state index contributed by atoms with van der Waals surface area (Å²) in [7, 11) is 0. The quantitative estimate of drug-likeness (QED) is 0.827. The van der Waals surface area contributed by atoms with Crippen LogP contribution in [0.1, 0.15) is 37.7 Å². The molecule has 1 heterocycles. The predicted molar refractivity (Wildman–Crippen MR) is 81.8 cm³/mol. The Morgan fingerprint density at radius 1 is 1.24 bits per heavy atom. The molecule has 4 heteroatoms. The molecule has 2 fully saturated rings. The lowest BCUT2D eigenvalue weighted by Gasteiger charge is -2.41. The van der Waals surface area contributed by atoms with Gasteiger partial charge in [-0.25, -0.2) is 9.18 Å². The van der Waals surface area contributed by atoms with Crippen LogP contribution in [0.25, 0.3) is 0 Å². The number of benzene rings is 1. The number of likely N-dealkylation sites (tertiary alicyclic amines) is 1. The molecule has 114 valence electrons. The Hall–Kier alpha value is -1.58. The third-order valence-electron chi connectivity index (χ3n) is 4.94. The number of nitrogens with zero attached hydrogens (tertiary/aromatic N) is 1. The van der Waals surface area contributed by atoms with Crippen molar-refractivity contribution in [3.63, 3.8) is 0 Å². The van der Waals surface area contributed by atoms with Gasteiger partial charge in [0.1, 0.15) is 5.82 Å². The summed E-state index contributed by atoms with van der Waals surface area (Å²) in [5.74, 6) is 1.06. The zero-order valence-electron chi connectivity index (χ0n) is 12.6. The number of anilines is 1. The molecule has 2 aliphatic rings. The van der Waals surface area contributed by atoms with Gasteiger partial charge in [-0.1, -0.05) is 25.3 Å². The molecule has 0 aromatic heterocycles. The van der Waals surface area contributed by atoms with Crippen molar-refractivity contribution < 1.29 is 9.18 Å². The molecule has 3 rings (SSSR count). The average Bonchev–Trinajstić information content (AvgIpc) is 2.50. The molecule has 0 unspecified atom stereocenters. The Morgan fingerprint density at radius 3 is 2.81 bits per heavy atom. The monoisotopic (exact) mass is 290 g/mol. The van der Waals surface area contributed by atoms with E-state index in [-0.39, 0.29) is 17.5 Å². The second-order valence-electron chi connectivity index (χ2n) is 6.45. The first-order valence-electron chi connectivity index (χ1n) is 7.95. The summed E-state index contributed by atoms with van der Waals surface area (Å²) in [4.78, 5) is 14.2. The molecule has 1 saturated heterocycles. The normalized spacial score (nSPS) is 25.3. The van der Waals surface area contributed by atoms with Crippen LogP contribution in [0.2, 0.25) is 0 Å². The summed E-state index contributed by atoms with van der Waals surface area (Å²) >= 11 is 0. The number of hydrogen-bond acceptors (Lipinski definition) is 1. The fourth-order valence-electron chi connectivity index (χ4n) is 3.71. The zero-order valence-corrected chi connectivity index (χ0v) is 12.6. The highest BCUT2D eigenvalue weighted by molar-refractivity contribution is 5.89. The minimum Gasteiger partial charge on any atom is -0.324 e. The van der Waals surface area contributed by atoms with Crippen LogP contribution >= 0.6 is 0 Å². The van der Waals surface area contributed by atoms with Gasteiger partial charge in [0, 0.05) is 13.1 Å². The standard InChI is InChI=1S/C17H23FN2O/c1-12-6-7-15(18)16(10-12)19-17(21)20-9-8-13-4-2-3-5-14(13)11-20/h6-7,10,13-14H,2-5,8-9,11H2,1H3,(H,19,21)/t13-,14+/m1/s1. The maximum Gasteiger partial charge on any atom is 0.321 e. The number of amides is 2. The summed E-state index contributed by atoms with van der Waals surface area (Å²) in [5.41, 5.74) is 1.23. The number of fused-ring (bicyclic) bond motifs is 1. The van der Waals surface area contributed by atoms with E-state index in [9.17, 15) is 9.18 Å². The van der Waals surface area contributed by atoms with Gasteiger partial charge in [-0.3, -0.25) is 0 Å². The van der Waals surface area contributed by atoms with Gasteiger partial charge in [0.15, 0.2) is 0 Å². The topological polar surface area (TPSA) is 32.3 Å². The first kappa shape index (κ1) is 14.4. The van der Waals surface area contributed by atoms with Gasteiger partial charge in [0.2, 0.25) is 0 Å². The van der Waals surface area contributed by atoms with Gasteiger partial charge in [0.25, 0.3) is 0 Å². The van der Waals surface area contributed by atoms with E-state index in [4.69, 9.17) is 0 Å². The molecular weight excluding hydrogens is 267 g/mol. The second-order valence-corrected chi connectivity index (χ2v) is 6.45. The lowest BCUT2D eigenvalue weighted by molar-refractivity contribution is 0.108. The molecule has 0 radical (unpaired) electrons. The van der Waals surface area contributed by atoms with Crippen LogP contribution in [0.3, 0.4) is 0 Å². The molecule has 1 aliphatic heterocycles. The predicted octanol–water partition coefficient (Wildman–Crippen LogP) is 4.18. The van der Waals surface area contributed by atoms with Crippen molar-refractivity contribution in [1.82, 2.24) is 4.90 Å². The highest BCUT2D eigenvalue weighted by Gasteiger charge is 2.33. The number of halogens is 1. The van der Waals surface area contributed by atoms with E-state index in [1.54, 1.807) is 12.1 Å². The second kappa shape index (κ2) is 6.04. The van der Waals surface area contributed by atoms with Crippen molar-refractivity contribution in [1.29, 1.82) is 0 Å². The van der Waals surface area contributed by atoms with Crippen LogP contribution in [-0.4, -0.2) is 24.0 Å². The highest BCUT2D eigenvalue weighted by Crippen LogP contribution is 2.36. The molecule has 3 nitrogen and oxygen atoms in total. The Labute approximate surface area is 125 Å². The average molecular weight is 290 g/mol. The Morgan fingerprint density at radius 2 is 2.00 bits per heavy atom. The van der Waals surface area contributed by atoms with E-state index in [1.807, 2.05) is 11.8 Å². The SMILES string of the molecule is Cc1ccc(F)c(NC(=O)N2CC[C@H]3CCCC[C@H]3C2)c1. The number of urea groups is 1. The van der Waals surface area contributed by atoms with Crippen molar-refractivity contribution in [2.45, 2.75) is 39.0 Å². The number of nitrogens with one attached hydrogen (secondary N) is 1. The van der Waals surface area contributed by atoms with Gasteiger partial charge >= 0.3 is 6.03 Å². The van der Waals surface area contributed by atoms with Crippen LogP contribution in [-0.2, 0) is 0 Å². The molecular formula is C17H23FN2O. The van der Waals surface area contributed by atoms with Crippen molar-refractivity contribution in [3.05, 3.63) is 29.6 Å². The minimum absolute atomic E-state index is 0.163. The van der Waals surface area contributed by atoms with Crippen LogP contribution in [0, 0.1) is 24.6 Å². The highest BCUT2D eigenvalue weighted by atomic mass is 19.1. The van der Waals surface area contributed by atoms with Crippen LogP contribution in [0.5, 0.6) is 0 Å². The van der Waals surface area contributed by atoms with Gasteiger partial charge < -0.3 is 10.2 Å². The number of carbonyl (C=O) groups is 1. The fraction of sp³-hybridized carbons (Fsp3) is 0.588. The Balaban J connectivity index is 1.64. The number of aryl methyl sites for hydroxylation is 1. The van der Waals surface area contributed by atoms with Gasteiger partial charge in [-0.05, 0) is 49.3 Å². The summed E-state index contributed by atoms with van der Waals surface area (Å²) < 4.78 is 13.7. The van der Waals surface area contributed by atoms with Crippen molar-refractivity contribution >= 4 is 11.7 Å². The van der Waals surface area contributed by atoms with Crippen LogP contribution in [0.4, 0.5) is 14.9 Å². The Bertz CT molecular complexity index is 532. The van der Waals surface area contributed by atoms with Gasteiger partial charge in [-0.15, -0.1) is 0 Å². The molecule has 2 amide bonds. The molecule has 1 aromatic carbocycles. The molecule has 21 heavy (non-hydrogen) atoms. The molecule has 1 aromatic rings. The summed E-state index contributed by atoms with van der Waals surface area (Å²) in [5, 5.41) is 2.73. The first-order valence-corrected chi connectivity index (χ1v) is 7.95. The van der Waals surface area contributed by atoms with E-state index in [0.717, 1.165) is 31.0 Å². The molecule has 1 saturated carbocycles. The maximum absolute atomic E-state index is 13.7. The first-order chi connectivity index (χ1) is 10.1. The largest absolute Gasteiger partial charge is 0.324 e. The summed E-state index contributed by atoms with van der Waals surface area (Å²) in [6.45, 7) is 3.51. The molecule has 0 bridgehead atoms. The number of rotatable bonds is 1. The molecule has 1 N–H and O–H groups in total. The van der Waals surface area contributed by atoms with Crippen molar-refractivity contribution in [2.75, 3.05) is 18.4 Å². The smallest absolute Gasteiger partial charge is 0.321 e. The van der Waals surface area contributed by atoms with Crippen molar-refractivity contribution in [3.8, 4) is 0 Å². The third kappa shape index (κ3) is 3.20. The third-order valence-corrected chi connectivity index (χ3v) is 4.94. The van der Waals surface area contributed by atoms with E-state index < -0.39 is 0 Å². The number of piperidine rings is 1. The van der Waals surface area contributed by atoms with E-state index in [2.05, 4.69) is 5.32 Å². The minimum atomic E-state index is -0.374. The molecule has 1 aliphatic carbocycles. The van der Waals surface area contributed by atoms with E-state index in [1.165, 1.54) is 31.7 Å². The zero-order chi connectivity index (χ0) is 14.8. The van der Waals surface area contributed by atoms with E-state index in [0.29, 0.717) is 5.92 Å².